The molecular weight excluding hydrogens is 320 g/mol. The number of benzene rings is 1. The number of carbonyl (C=O) groups is 1. The zero-order valence-corrected chi connectivity index (χ0v) is 13.8. The zero-order chi connectivity index (χ0) is 17.2. The zero-order valence-electron chi connectivity index (χ0n) is 13.0. The van der Waals surface area contributed by atoms with Crippen molar-refractivity contribution in [2.45, 2.75) is 31.7 Å². The third-order valence-corrected chi connectivity index (χ3v) is 4.75. The van der Waals surface area contributed by atoms with E-state index in [0.717, 1.165) is 0 Å². The number of nitrogens with one attached hydrogen (secondary N) is 1. The molecule has 2 aromatic rings. The summed E-state index contributed by atoms with van der Waals surface area (Å²) in [6.07, 6.45) is 1.48. The molecule has 0 bridgehead atoms. The van der Waals surface area contributed by atoms with Crippen LogP contribution in [-0.2, 0) is 14.8 Å². The van der Waals surface area contributed by atoms with Gasteiger partial charge < -0.3 is 9.52 Å². The van der Waals surface area contributed by atoms with E-state index in [-0.39, 0.29) is 10.8 Å². The number of sulfonamides is 1. The molecule has 0 amide bonds. The van der Waals surface area contributed by atoms with E-state index >= 15 is 0 Å². The maximum atomic E-state index is 12.3. The van der Waals surface area contributed by atoms with Crippen molar-refractivity contribution in [3.8, 4) is 11.3 Å². The van der Waals surface area contributed by atoms with Gasteiger partial charge in [-0.25, -0.2) is 13.4 Å². The van der Waals surface area contributed by atoms with E-state index in [9.17, 15) is 13.2 Å². The van der Waals surface area contributed by atoms with Crippen LogP contribution in [0.5, 0.6) is 0 Å². The number of hydrogen-bond acceptors (Lipinski definition) is 5. The van der Waals surface area contributed by atoms with Crippen molar-refractivity contribution < 1.29 is 22.7 Å². The van der Waals surface area contributed by atoms with E-state index in [2.05, 4.69) is 9.71 Å². The van der Waals surface area contributed by atoms with Crippen molar-refractivity contribution in [2.24, 2.45) is 5.92 Å². The van der Waals surface area contributed by atoms with Gasteiger partial charge in [0.1, 0.15) is 18.0 Å². The summed E-state index contributed by atoms with van der Waals surface area (Å²) < 4.78 is 31.9. The number of rotatable bonds is 6. The van der Waals surface area contributed by atoms with Crippen LogP contribution < -0.4 is 4.72 Å². The van der Waals surface area contributed by atoms with Crippen molar-refractivity contribution in [1.29, 1.82) is 0 Å². The first-order valence-electron chi connectivity index (χ1n) is 6.98. The van der Waals surface area contributed by atoms with Crippen LogP contribution in [0, 0.1) is 12.8 Å². The standard InChI is InChI=1S/C15H18N2O5S/c1-9(2)14(15(18)19)17-23(20,21)12-6-4-11(5-7-12)13-8-22-10(3)16-13/h4-9,14,17H,1-3H3,(H,18,19)/t14-/m0/s1. The number of oxazole rings is 1. The Bertz CT molecular complexity index is 794. The highest BCUT2D eigenvalue weighted by Crippen LogP contribution is 2.21. The van der Waals surface area contributed by atoms with Gasteiger partial charge in [0, 0.05) is 12.5 Å². The fourth-order valence-electron chi connectivity index (χ4n) is 2.01. The molecule has 0 saturated carbocycles. The Morgan fingerprint density at radius 3 is 2.30 bits per heavy atom. The predicted molar refractivity (Wildman–Crippen MR) is 83.3 cm³/mol. The second-order valence-electron chi connectivity index (χ2n) is 5.46. The number of aryl methyl sites for hydroxylation is 1. The van der Waals surface area contributed by atoms with Gasteiger partial charge in [0.2, 0.25) is 10.0 Å². The van der Waals surface area contributed by atoms with Gasteiger partial charge in [0.25, 0.3) is 0 Å². The van der Waals surface area contributed by atoms with Crippen LogP contribution in [-0.4, -0.2) is 30.5 Å². The lowest BCUT2D eigenvalue weighted by Crippen LogP contribution is -2.44. The van der Waals surface area contributed by atoms with Crippen molar-refractivity contribution >= 4 is 16.0 Å². The topological polar surface area (TPSA) is 110 Å². The Balaban J connectivity index is 2.25. The summed E-state index contributed by atoms with van der Waals surface area (Å²) in [7, 11) is -3.92. The van der Waals surface area contributed by atoms with E-state index in [0.29, 0.717) is 17.1 Å². The highest BCUT2D eigenvalue weighted by atomic mass is 32.2. The average Bonchev–Trinajstić information content (AvgIpc) is 2.91. The molecule has 1 heterocycles. The fourth-order valence-corrected chi connectivity index (χ4v) is 3.35. The SMILES string of the molecule is Cc1nc(-c2ccc(S(=O)(=O)N[C@H](C(=O)O)C(C)C)cc2)co1. The Kier molecular flexibility index (Phi) is 4.86. The summed E-state index contributed by atoms with van der Waals surface area (Å²) in [5.41, 5.74) is 1.31. The summed E-state index contributed by atoms with van der Waals surface area (Å²) in [5, 5.41) is 9.10. The molecule has 0 aliphatic carbocycles. The second-order valence-corrected chi connectivity index (χ2v) is 7.17. The number of nitrogens with zero attached hydrogens (tertiary/aromatic N) is 1. The van der Waals surface area contributed by atoms with Crippen molar-refractivity contribution in [3.05, 3.63) is 36.4 Å². The first-order valence-corrected chi connectivity index (χ1v) is 8.46. The van der Waals surface area contributed by atoms with E-state index in [1.54, 1.807) is 32.9 Å². The van der Waals surface area contributed by atoms with E-state index in [1.165, 1.54) is 18.4 Å². The second kappa shape index (κ2) is 6.51. The monoisotopic (exact) mass is 338 g/mol. The molecule has 7 nitrogen and oxygen atoms in total. The maximum absolute atomic E-state index is 12.3. The molecule has 1 atom stereocenters. The van der Waals surface area contributed by atoms with Gasteiger partial charge in [-0.1, -0.05) is 26.0 Å². The highest BCUT2D eigenvalue weighted by Gasteiger charge is 2.27. The minimum atomic E-state index is -3.92. The third kappa shape index (κ3) is 3.96. The van der Waals surface area contributed by atoms with Gasteiger partial charge >= 0.3 is 5.97 Å². The average molecular weight is 338 g/mol. The van der Waals surface area contributed by atoms with Crippen LogP contribution in [0.1, 0.15) is 19.7 Å². The van der Waals surface area contributed by atoms with Crippen molar-refractivity contribution in [3.63, 3.8) is 0 Å². The molecule has 124 valence electrons. The van der Waals surface area contributed by atoms with Crippen LogP contribution in [0.15, 0.2) is 39.8 Å². The number of aliphatic carboxylic acids is 1. The minimum absolute atomic E-state index is 0.00614. The third-order valence-electron chi connectivity index (χ3n) is 3.29. The quantitative estimate of drug-likeness (QED) is 0.834. The molecule has 23 heavy (non-hydrogen) atoms. The minimum Gasteiger partial charge on any atom is -0.480 e. The summed E-state index contributed by atoms with van der Waals surface area (Å²) in [4.78, 5) is 15.3. The Hall–Kier alpha value is -2.19. The molecule has 0 spiro atoms. The van der Waals surface area contributed by atoms with E-state index in [1.807, 2.05) is 0 Å². The fraction of sp³-hybridized carbons (Fsp3) is 0.333. The van der Waals surface area contributed by atoms with E-state index < -0.39 is 22.0 Å². The molecule has 0 saturated heterocycles. The van der Waals surface area contributed by atoms with Crippen molar-refractivity contribution in [2.75, 3.05) is 0 Å². The Labute approximate surface area is 134 Å². The first-order chi connectivity index (χ1) is 10.7. The first kappa shape index (κ1) is 17.2. The Morgan fingerprint density at radius 1 is 1.26 bits per heavy atom. The summed E-state index contributed by atoms with van der Waals surface area (Å²) in [5.74, 6) is -1.07. The molecule has 0 fully saturated rings. The van der Waals surface area contributed by atoms with E-state index in [4.69, 9.17) is 9.52 Å². The predicted octanol–water partition coefficient (Wildman–Crippen LogP) is 2.04. The van der Waals surface area contributed by atoms with Gasteiger partial charge in [-0.05, 0) is 18.1 Å². The Morgan fingerprint density at radius 2 is 1.87 bits per heavy atom. The molecule has 0 aliphatic heterocycles. The lowest BCUT2D eigenvalue weighted by molar-refractivity contribution is -0.140. The van der Waals surface area contributed by atoms with Crippen LogP contribution >= 0.6 is 0 Å². The van der Waals surface area contributed by atoms with Crippen LogP contribution in [0.25, 0.3) is 11.3 Å². The number of carboxylic acids is 1. The van der Waals surface area contributed by atoms with Crippen LogP contribution in [0.2, 0.25) is 0 Å². The van der Waals surface area contributed by atoms with Gasteiger partial charge in [-0.3, -0.25) is 4.79 Å². The molecule has 0 radical (unpaired) electrons. The molecule has 0 aliphatic rings. The number of aromatic nitrogens is 1. The van der Waals surface area contributed by atoms with Crippen LogP contribution in [0.3, 0.4) is 0 Å². The largest absolute Gasteiger partial charge is 0.480 e. The lowest BCUT2D eigenvalue weighted by Gasteiger charge is -2.18. The molecule has 2 N–H and O–H groups in total. The van der Waals surface area contributed by atoms with Gasteiger partial charge in [0.15, 0.2) is 5.89 Å². The summed E-state index contributed by atoms with van der Waals surface area (Å²) >= 11 is 0. The smallest absolute Gasteiger partial charge is 0.322 e. The molecule has 8 heteroatoms. The van der Waals surface area contributed by atoms with Crippen molar-refractivity contribution in [1.82, 2.24) is 9.71 Å². The molecule has 2 rings (SSSR count). The lowest BCUT2D eigenvalue weighted by atomic mass is 10.1. The van der Waals surface area contributed by atoms with Gasteiger partial charge in [-0.15, -0.1) is 0 Å². The molecule has 0 unspecified atom stereocenters. The highest BCUT2D eigenvalue weighted by molar-refractivity contribution is 7.89. The number of carboxylic acid groups (broad SMARTS) is 1. The molecular formula is C15H18N2O5S. The summed E-state index contributed by atoms with van der Waals surface area (Å²) in [6.45, 7) is 4.98. The molecule has 1 aromatic heterocycles. The summed E-state index contributed by atoms with van der Waals surface area (Å²) in [6, 6.07) is 4.81. The van der Waals surface area contributed by atoms with Crippen LogP contribution in [0.4, 0.5) is 0 Å². The maximum Gasteiger partial charge on any atom is 0.322 e. The van der Waals surface area contributed by atoms with Gasteiger partial charge in [0.05, 0.1) is 4.90 Å². The normalized spacial score (nSPS) is 13.2. The number of hydrogen-bond donors (Lipinski definition) is 2. The van der Waals surface area contributed by atoms with Gasteiger partial charge in [-0.2, -0.15) is 4.72 Å². The molecule has 1 aromatic carbocycles.